The van der Waals surface area contributed by atoms with Crippen molar-refractivity contribution < 1.29 is 4.79 Å². The molecule has 0 fully saturated rings. The lowest BCUT2D eigenvalue weighted by molar-refractivity contribution is -0.113. The third kappa shape index (κ3) is 5.98. The molecule has 0 saturated heterocycles. The number of nitrogens with zero attached hydrogens (tertiary/aromatic N) is 6. The van der Waals surface area contributed by atoms with Crippen molar-refractivity contribution in [2.75, 3.05) is 25.2 Å². The highest BCUT2D eigenvalue weighted by molar-refractivity contribution is 7.99. The Kier molecular flexibility index (Phi) is 7.99. The lowest BCUT2D eigenvalue weighted by Crippen LogP contribution is -2.23. The second-order valence-electron chi connectivity index (χ2n) is 8.56. The van der Waals surface area contributed by atoms with Crippen molar-refractivity contribution in [1.29, 1.82) is 0 Å². The number of rotatable bonds is 10. The summed E-state index contributed by atoms with van der Waals surface area (Å²) in [6, 6.07) is 22.0. The standard InChI is InChI=1S/C26H31N7OS/c1-5-22(31(3)4)25-28-29-26(32(25)17-20-12-8-6-9-13-20)35-18-24(34)27-23-16-19(2)30-33(23)21-14-10-7-11-15-21/h6-16,22H,5,17-18H2,1-4H3,(H,27,34). The van der Waals surface area contributed by atoms with Crippen molar-refractivity contribution >= 4 is 23.5 Å². The Hall–Kier alpha value is -3.43. The highest BCUT2D eigenvalue weighted by Crippen LogP contribution is 2.26. The molecule has 4 aromatic rings. The van der Waals surface area contributed by atoms with Crippen molar-refractivity contribution in [3.8, 4) is 5.69 Å². The lowest BCUT2D eigenvalue weighted by atomic mass is 10.2. The Morgan fingerprint density at radius 1 is 1.06 bits per heavy atom. The molecule has 1 amide bonds. The molecule has 2 heterocycles. The van der Waals surface area contributed by atoms with E-state index in [1.807, 2.05) is 75.6 Å². The van der Waals surface area contributed by atoms with Gasteiger partial charge in [-0.3, -0.25) is 9.69 Å². The van der Waals surface area contributed by atoms with Crippen LogP contribution in [-0.2, 0) is 11.3 Å². The van der Waals surface area contributed by atoms with Gasteiger partial charge >= 0.3 is 0 Å². The summed E-state index contributed by atoms with van der Waals surface area (Å²) in [4.78, 5) is 15.1. The largest absolute Gasteiger partial charge is 0.310 e. The van der Waals surface area contributed by atoms with Crippen LogP contribution in [0.5, 0.6) is 0 Å². The number of anilines is 1. The van der Waals surface area contributed by atoms with E-state index >= 15 is 0 Å². The van der Waals surface area contributed by atoms with Crippen LogP contribution in [0.15, 0.2) is 71.9 Å². The molecule has 0 bridgehead atoms. The predicted octanol–water partition coefficient (Wildman–Crippen LogP) is 4.56. The average molecular weight is 490 g/mol. The summed E-state index contributed by atoms with van der Waals surface area (Å²) < 4.78 is 3.87. The van der Waals surface area contributed by atoms with Gasteiger partial charge in [-0.1, -0.05) is 67.2 Å². The number of hydrogen-bond acceptors (Lipinski definition) is 6. The van der Waals surface area contributed by atoms with E-state index in [4.69, 9.17) is 0 Å². The van der Waals surface area contributed by atoms with E-state index < -0.39 is 0 Å². The zero-order valence-electron chi connectivity index (χ0n) is 20.5. The van der Waals surface area contributed by atoms with Crippen molar-refractivity contribution in [1.82, 2.24) is 29.4 Å². The zero-order chi connectivity index (χ0) is 24.8. The predicted molar refractivity (Wildman–Crippen MR) is 140 cm³/mol. The van der Waals surface area contributed by atoms with E-state index in [0.29, 0.717) is 12.4 Å². The van der Waals surface area contributed by atoms with E-state index in [-0.39, 0.29) is 17.7 Å². The van der Waals surface area contributed by atoms with Crippen molar-refractivity contribution in [3.63, 3.8) is 0 Å². The summed E-state index contributed by atoms with van der Waals surface area (Å²) in [6.45, 7) is 4.70. The van der Waals surface area contributed by atoms with Gasteiger partial charge in [0.05, 0.1) is 29.7 Å². The topological polar surface area (TPSA) is 80.9 Å². The second-order valence-corrected chi connectivity index (χ2v) is 9.50. The van der Waals surface area contributed by atoms with E-state index in [2.05, 4.69) is 49.1 Å². The molecule has 1 atom stereocenters. The number of carbonyl (C=O) groups excluding carboxylic acids is 1. The number of para-hydroxylation sites is 1. The quantitative estimate of drug-likeness (QED) is 0.329. The summed E-state index contributed by atoms with van der Waals surface area (Å²) in [5, 5.41) is 17.2. The maximum Gasteiger partial charge on any atom is 0.236 e. The van der Waals surface area contributed by atoms with Crippen molar-refractivity contribution in [2.24, 2.45) is 0 Å². The molecular formula is C26H31N7OS. The van der Waals surface area contributed by atoms with Gasteiger partial charge in [0.15, 0.2) is 11.0 Å². The van der Waals surface area contributed by atoms with Gasteiger partial charge in [-0.15, -0.1) is 10.2 Å². The van der Waals surface area contributed by atoms with Gasteiger partial charge in [0, 0.05) is 6.07 Å². The van der Waals surface area contributed by atoms with Crippen LogP contribution in [0.4, 0.5) is 5.82 Å². The molecule has 2 aromatic heterocycles. The van der Waals surface area contributed by atoms with Gasteiger partial charge < -0.3 is 9.88 Å². The number of hydrogen-bond donors (Lipinski definition) is 1. The minimum absolute atomic E-state index is 0.123. The normalized spacial score (nSPS) is 12.1. The minimum atomic E-state index is -0.123. The number of benzene rings is 2. The fraction of sp³-hybridized carbons (Fsp3) is 0.308. The van der Waals surface area contributed by atoms with Crippen LogP contribution >= 0.6 is 11.8 Å². The molecule has 35 heavy (non-hydrogen) atoms. The highest BCUT2D eigenvalue weighted by atomic mass is 32.2. The molecule has 4 rings (SSSR count). The van der Waals surface area contributed by atoms with Gasteiger partial charge in [-0.05, 0) is 45.1 Å². The minimum Gasteiger partial charge on any atom is -0.310 e. The Bertz CT molecular complexity index is 1250. The lowest BCUT2D eigenvalue weighted by Gasteiger charge is -2.23. The van der Waals surface area contributed by atoms with E-state index in [1.165, 1.54) is 11.8 Å². The molecular weight excluding hydrogens is 458 g/mol. The summed E-state index contributed by atoms with van der Waals surface area (Å²) in [5.74, 6) is 1.64. The second kappa shape index (κ2) is 11.3. The van der Waals surface area contributed by atoms with Crippen LogP contribution in [-0.4, -0.2) is 55.2 Å². The molecule has 182 valence electrons. The summed E-state index contributed by atoms with van der Waals surface area (Å²) in [5.41, 5.74) is 2.89. The fourth-order valence-electron chi connectivity index (χ4n) is 4.01. The summed E-state index contributed by atoms with van der Waals surface area (Å²) in [7, 11) is 4.10. The van der Waals surface area contributed by atoms with Gasteiger partial charge in [-0.2, -0.15) is 5.10 Å². The van der Waals surface area contributed by atoms with Crippen LogP contribution in [0.2, 0.25) is 0 Å². The third-order valence-corrected chi connectivity index (χ3v) is 6.64. The molecule has 0 spiro atoms. The number of aryl methyl sites for hydroxylation is 1. The maximum atomic E-state index is 12.9. The fourth-order valence-corrected chi connectivity index (χ4v) is 4.75. The number of thioether (sulfide) groups is 1. The van der Waals surface area contributed by atoms with Gasteiger partial charge in [0.1, 0.15) is 5.82 Å². The van der Waals surface area contributed by atoms with Gasteiger partial charge in [0.25, 0.3) is 0 Å². The van der Waals surface area contributed by atoms with Crippen LogP contribution < -0.4 is 5.32 Å². The molecule has 1 N–H and O–H groups in total. The highest BCUT2D eigenvalue weighted by Gasteiger charge is 2.23. The van der Waals surface area contributed by atoms with Crippen LogP contribution in [0, 0.1) is 6.92 Å². The summed E-state index contributed by atoms with van der Waals surface area (Å²) in [6.07, 6.45) is 0.911. The maximum absolute atomic E-state index is 12.9. The van der Waals surface area contributed by atoms with Gasteiger partial charge in [-0.25, -0.2) is 4.68 Å². The van der Waals surface area contributed by atoms with Crippen molar-refractivity contribution in [2.45, 2.75) is 38.0 Å². The first-order valence-corrected chi connectivity index (χ1v) is 12.6. The Labute approximate surface area is 210 Å². The van der Waals surface area contributed by atoms with Gasteiger partial charge in [0.2, 0.25) is 5.91 Å². The first-order valence-electron chi connectivity index (χ1n) is 11.6. The summed E-state index contributed by atoms with van der Waals surface area (Å²) >= 11 is 1.39. The number of carbonyl (C=O) groups is 1. The smallest absolute Gasteiger partial charge is 0.236 e. The Morgan fingerprint density at radius 3 is 2.40 bits per heavy atom. The molecule has 0 radical (unpaired) electrons. The number of aromatic nitrogens is 5. The number of amides is 1. The Balaban J connectivity index is 1.52. The molecule has 2 aromatic carbocycles. The van der Waals surface area contributed by atoms with Crippen molar-refractivity contribution in [3.05, 3.63) is 83.8 Å². The van der Waals surface area contributed by atoms with E-state index in [0.717, 1.165) is 34.3 Å². The first-order chi connectivity index (χ1) is 17.0. The Morgan fingerprint density at radius 2 is 1.74 bits per heavy atom. The van der Waals surface area contributed by atoms with Crippen LogP contribution in [0.1, 0.15) is 36.5 Å². The average Bonchev–Trinajstić information content (AvgIpc) is 3.42. The third-order valence-electron chi connectivity index (χ3n) is 5.67. The van der Waals surface area contributed by atoms with Crippen LogP contribution in [0.25, 0.3) is 5.69 Å². The molecule has 9 heteroatoms. The van der Waals surface area contributed by atoms with Crippen LogP contribution in [0.3, 0.4) is 0 Å². The first kappa shape index (κ1) is 24.7. The molecule has 0 aliphatic rings. The molecule has 1 unspecified atom stereocenters. The van der Waals surface area contributed by atoms with E-state index in [1.54, 1.807) is 4.68 Å². The SMILES string of the molecule is CCC(c1nnc(SCC(=O)Nc2cc(C)nn2-c2ccccc2)n1Cc1ccccc1)N(C)C. The molecule has 0 aliphatic heterocycles. The molecule has 8 nitrogen and oxygen atoms in total. The zero-order valence-corrected chi connectivity index (χ0v) is 21.4. The van der Waals surface area contributed by atoms with E-state index in [9.17, 15) is 4.79 Å². The molecule has 0 saturated carbocycles. The molecule has 0 aliphatic carbocycles. The monoisotopic (exact) mass is 489 g/mol. The number of nitrogens with one attached hydrogen (secondary N) is 1.